The van der Waals surface area contributed by atoms with Crippen LogP contribution in [-0.4, -0.2) is 25.4 Å². The van der Waals surface area contributed by atoms with Crippen molar-refractivity contribution >= 4 is 23.4 Å². The molecular weight excluding hydrogens is 501 g/mol. The largest absolute Gasteiger partial charge is 0.322 e. The third-order valence-electron chi connectivity index (χ3n) is 5.69. The van der Waals surface area contributed by atoms with E-state index in [4.69, 9.17) is 0 Å². The van der Waals surface area contributed by atoms with E-state index in [2.05, 4.69) is 20.3 Å². The first-order chi connectivity index (χ1) is 18.5. The van der Waals surface area contributed by atoms with E-state index in [1.54, 1.807) is 42.9 Å². The highest BCUT2D eigenvalue weighted by molar-refractivity contribution is 7.98. The predicted molar refractivity (Wildman–Crippen MR) is 145 cm³/mol. The number of aromatic nitrogens is 4. The number of hydrogen-bond donors (Lipinski definition) is 1. The normalized spacial score (nSPS) is 10.8. The summed E-state index contributed by atoms with van der Waals surface area (Å²) in [6.07, 6.45) is 6.84. The summed E-state index contributed by atoms with van der Waals surface area (Å²) in [6.45, 7) is 0. The number of anilines is 1. The molecule has 0 spiro atoms. The summed E-state index contributed by atoms with van der Waals surface area (Å²) in [7, 11) is 0. The van der Waals surface area contributed by atoms with Crippen molar-refractivity contribution in [1.29, 1.82) is 0 Å². The van der Waals surface area contributed by atoms with Gasteiger partial charge < -0.3 is 5.32 Å². The zero-order chi connectivity index (χ0) is 26.3. The molecule has 1 N–H and O–H groups in total. The molecule has 1 amide bonds. The Balaban J connectivity index is 1.45. The molecule has 0 aliphatic heterocycles. The molecule has 9 heteroatoms. The number of hydrogen-bond acceptors (Lipinski definition) is 6. The van der Waals surface area contributed by atoms with Gasteiger partial charge in [-0.1, -0.05) is 42.1 Å². The number of amides is 1. The van der Waals surface area contributed by atoms with Crippen molar-refractivity contribution in [3.05, 3.63) is 142 Å². The molecule has 0 saturated heterocycles. The van der Waals surface area contributed by atoms with E-state index < -0.39 is 0 Å². The van der Waals surface area contributed by atoms with Crippen molar-refractivity contribution in [2.75, 3.05) is 5.32 Å². The maximum atomic E-state index is 13.3. The molecule has 2 heterocycles. The average molecular weight is 524 g/mol. The molecule has 5 rings (SSSR count). The Bertz CT molecular complexity index is 1590. The summed E-state index contributed by atoms with van der Waals surface area (Å²) in [5.74, 6) is -0.0354. The Hall–Kier alpha value is -4.63. The summed E-state index contributed by atoms with van der Waals surface area (Å²) < 4.78 is 15.1. The van der Waals surface area contributed by atoms with Crippen molar-refractivity contribution < 1.29 is 9.18 Å². The van der Waals surface area contributed by atoms with Gasteiger partial charge in [0.1, 0.15) is 12.1 Å². The third-order valence-corrected chi connectivity index (χ3v) is 6.72. The number of para-hydroxylation sites is 1. The molecule has 0 atom stereocenters. The Morgan fingerprint density at radius 3 is 2.32 bits per heavy atom. The number of carbonyl (C=O) groups is 1. The Kier molecular flexibility index (Phi) is 7.65. The van der Waals surface area contributed by atoms with Gasteiger partial charge >= 0.3 is 0 Å². The van der Waals surface area contributed by atoms with E-state index >= 15 is 0 Å². The topological polar surface area (TPSA) is 89.8 Å². The molecule has 188 valence electrons. The third kappa shape index (κ3) is 6.19. The van der Waals surface area contributed by atoms with Gasteiger partial charge in [0, 0.05) is 53.3 Å². The fourth-order valence-corrected chi connectivity index (χ4v) is 4.69. The van der Waals surface area contributed by atoms with Crippen molar-refractivity contribution in [3.8, 4) is 5.69 Å². The quantitative estimate of drug-likeness (QED) is 0.219. The van der Waals surface area contributed by atoms with Gasteiger partial charge in [0.2, 0.25) is 0 Å². The standard InChI is InChI=1S/C29H22FN5O2S/c30-24-10-6-20(7-11-24)18-38-29-34-28(37)23(14-21-15-31-19-32-16-21)17-35(29)26-12-8-22(9-13-26)27(36)33-25-4-2-1-3-5-25/h1-13,15-17,19H,14,18H2,(H,33,36). The monoisotopic (exact) mass is 523 g/mol. The average Bonchev–Trinajstić information content (AvgIpc) is 2.95. The van der Waals surface area contributed by atoms with E-state index in [0.29, 0.717) is 34.1 Å². The van der Waals surface area contributed by atoms with E-state index in [9.17, 15) is 14.0 Å². The highest BCUT2D eigenvalue weighted by atomic mass is 32.2. The van der Waals surface area contributed by atoms with Gasteiger partial charge in [0.05, 0.1) is 0 Å². The summed E-state index contributed by atoms with van der Waals surface area (Å²) in [6, 6.07) is 22.5. The molecule has 0 unspecified atom stereocenters. The molecule has 5 aromatic rings. The number of nitrogens with one attached hydrogen (secondary N) is 1. The molecule has 7 nitrogen and oxygen atoms in total. The number of nitrogens with zero attached hydrogens (tertiary/aromatic N) is 4. The fraction of sp³-hybridized carbons (Fsp3) is 0.0690. The molecule has 0 saturated carbocycles. The minimum atomic E-state index is -0.342. The molecule has 0 radical (unpaired) electrons. The van der Waals surface area contributed by atoms with Gasteiger partial charge in [-0.25, -0.2) is 14.4 Å². The number of carbonyl (C=O) groups excluding carboxylic acids is 1. The first-order valence-corrected chi connectivity index (χ1v) is 12.7. The van der Waals surface area contributed by atoms with Gasteiger partial charge in [-0.2, -0.15) is 4.98 Å². The van der Waals surface area contributed by atoms with Crippen molar-refractivity contribution in [2.45, 2.75) is 17.3 Å². The van der Waals surface area contributed by atoms with Crippen LogP contribution in [0.2, 0.25) is 0 Å². The molecule has 2 aromatic heterocycles. The van der Waals surface area contributed by atoms with Gasteiger partial charge in [0.15, 0.2) is 5.16 Å². The maximum Gasteiger partial charge on any atom is 0.277 e. The maximum absolute atomic E-state index is 13.3. The molecular formula is C29H22FN5O2S. The van der Waals surface area contributed by atoms with Crippen molar-refractivity contribution in [3.63, 3.8) is 0 Å². The summed E-state index contributed by atoms with van der Waals surface area (Å²) >= 11 is 1.37. The molecule has 0 fully saturated rings. The van der Waals surface area contributed by atoms with Crippen LogP contribution in [0.3, 0.4) is 0 Å². The van der Waals surface area contributed by atoms with E-state index in [0.717, 1.165) is 16.8 Å². The van der Waals surface area contributed by atoms with Gasteiger partial charge in [-0.05, 0) is 59.7 Å². The number of benzene rings is 3. The lowest BCUT2D eigenvalue weighted by Crippen LogP contribution is -2.19. The number of halogens is 1. The smallest absolute Gasteiger partial charge is 0.277 e. The van der Waals surface area contributed by atoms with Gasteiger partial charge in [-0.3, -0.25) is 14.2 Å². The predicted octanol–water partition coefficient (Wildman–Crippen LogP) is 5.30. The lowest BCUT2D eigenvalue weighted by atomic mass is 10.1. The van der Waals surface area contributed by atoms with E-state index in [1.165, 1.54) is 30.2 Å². The van der Waals surface area contributed by atoms with Crippen LogP contribution in [0.1, 0.15) is 27.0 Å². The summed E-state index contributed by atoms with van der Waals surface area (Å²) in [4.78, 5) is 38.0. The second kappa shape index (κ2) is 11.6. The van der Waals surface area contributed by atoms with Gasteiger partial charge in [-0.15, -0.1) is 0 Å². The Labute approximate surface area is 222 Å². The van der Waals surface area contributed by atoms with Crippen LogP contribution < -0.4 is 10.9 Å². The molecule has 0 aliphatic rings. The van der Waals surface area contributed by atoms with E-state index in [-0.39, 0.29) is 17.3 Å². The molecule has 0 aliphatic carbocycles. The van der Waals surface area contributed by atoms with Crippen LogP contribution in [0.4, 0.5) is 10.1 Å². The lowest BCUT2D eigenvalue weighted by Gasteiger charge is -2.15. The van der Waals surface area contributed by atoms with E-state index in [1.807, 2.05) is 47.0 Å². The van der Waals surface area contributed by atoms with Crippen LogP contribution in [0.15, 0.2) is 114 Å². The molecule has 38 heavy (non-hydrogen) atoms. The van der Waals surface area contributed by atoms with Crippen LogP contribution >= 0.6 is 11.8 Å². The van der Waals surface area contributed by atoms with Crippen LogP contribution in [0.25, 0.3) is 5.69 Å². The minimum Gasteiger partial charge on any atom is -0.322 e. The SMILES string of the molecule is O=C(Nc1ccccc1)c1ccc(-n2cc(Cc3cncnc3)c(=O)nc2SCc2ccc(F)cc2)cc1. The number of thioether (sulfide) groups is 1. The lowest BCUT2D eigenvalue weighted by molar-refractivity contribution is 0.102. The van der Waals surface area contributed by atoms with Crippen LogP contribution in [0.5, 0.6) is 0 Å². The van der Waals surface area contributed by atoms with Gasteiger partial charge in [0.25, 0.3) is 11.5 Å². The van der Waals surface area contributed by atoms with Crippen molar-refractivity contribution in [1.82, 2.24) is 19.5 Å². The summed E-state index contributed by atoms with van der Waals surface area (Å²) in [5, 5.41) is 3.35. The van der Waals surface area contributed by atoms with Crippen molar-refractivity contribution in [2.24, 2.45) is 0 Å². The van der Waals surface area contributed by atoms with Crippen LogP contribution in [-0.2, 0) is 12.2 Å². The Morgan fingerprint density at radius 1 is 0.895 bits per heavy atom. The zero-order valence-electron chi connectivity index (χ0n) is 20.1. The fourth-order valence-electron chi connectivity index (χ4n) is 3.75. The minimum absolute atomic E-state index is 0.226. The van der Waals surface area contributed by atoms with Crippen LogP contribution in [0, 0.1) is 5.82 Å². The second-order valence-corrected chi connectivity index (χ2v) is 9.37. The first kappa shape index (κ1) is 25.0. The second-order valence-electron chi connectivity index (χ2n) is 8.43. The Morgan fingerprint density at radius 2 is 1.61 bits per heavy atom. The highest BCUT2D eigenvalue weighted by Crippen LogP contribution is 2.24. The molecule has 0 bridgehead atoms. The summed E-state index contributed by atoms with van der Waals surface area (Å²) in [5.41, 5.74) is 3.77. The first-order valence-electron chi connectivity index (χ1n) is 11.8. The zero-order valence-corrected chi connectivity index (χ0v) is 20.9. The highest BCUT2D eigenvalue weighted by Gasteiger charge is 2.14. The molecule has 3 aromatic carbocycles. The number of rotatable bonds is 8.